The van der Waals surface area contributed by atoms with Gasteiger partial charge in [-0.2, -0.15) is 0 Å². The molecule has 3 rings (SSSR count). The smallest absolute Gasteiger partial charge is 0.338 e. The van der Waals surface area contributed by atoms with Crippen molar-refractivity contribution in [3.05, 3.63) is 59.7 Å². The fourth-order valence-corrected chi connectivity index (χ4v) is 2.81. The molecule has 0 amide bonds. The maximum atomic E-state index is 12.4. The quantitative estimate of drug-likeness (QED) is 0.738. The Labute approximate surface area is 152 Å². The summed E-state index contributed by atoms with van der Waals surface area (Å²) in [5.74, 6) is 1.02. The van der Waals surface area contributed by atoms with Crippen LogP contribution in [-0.4, -0.2) is 32.9 Å². The van der Waals surface area contributed by atoms with Crippen molar-refractivity contribution in [2.75, 3.05) is 20.8 Å². The number of esters is 1. The van der Waals surface area contributed by atoms with Gasteiger partial charge >= 0.3 is 5.97 Å². The summed E-state index contributed by atoms with van der Waals surface area (Å²) in [5, 5.41) is 0. The molecule has 2 aromatic rings. The molecule has 0 unspecified atom stereocenters. The molecule has 1 aliphatic heterocycles. The lowest BCUT2D eigenvalue weighted by molar-refractivity contribution is -0.157. The lowest BCUT2D eigenvalue weighted by atomic mass is 10.0. The van der Waals surface area contributed by atoms with Crippen LogP contribution in [0.2, 0.25) is 0 Å². The molecule has 6 heteroatoms. The molecule has 1 saturated heterocycles. The average Bonchev–Trinajstić information content (AvgIpc) is 3.14. The van der Waals surface area contributed by atoms with Crippen molar-refractivity contribution in [3.8, 4) is 11.5 Å². The number of hydrogen-bond acceptors (Lipinski definition) is 6. The minimum Gasteiger partial charge on any atom is -0.497 e. The molecule has 3 atom stereocenters. The first kappa shape index (κ1) is 18.2. The van der Waals surface area contributed by atoms with Crippen molar-refractivity contribution in [1.29, 1.82) is 0 Å². The van der Waals surface area contributed by atoms with E-state index in [-0.39, 0.29) is 6.61 Å². The molecular formula is C20H22O6. The van der Waals surface area contributed by atoms with E-state index in [4.69, 9.17) is 23.7 Å². The highest BCUT2D eigenvalue weighted by atomic mass is 16.7. The summed E-state index contributed by atoms with van der Waals surface area (Å²) >= 11 is 0. The van der Waals surface area contributed by atoms with Crippen molar-refractivity contribution in [2.24, 2.45) is 0 Å². The number of carbonyl (C=O) groups excluding carboxylic acids is 1. The Kier molecular flexibility index (Phi) is 5.75. The number of ether oxygens (including phenoxy) is 5. The third-order valence-electron chi connectivity index (χ3n) is 4.17. The summed E-state index contributed by atoms with van der Waals surface area (Å²) in [6, 6.07) is 14.7. The van der Waals surface area contributed by atoms with E-state index in [0.29, 0.717) is 0 Å². The van der Waals surface area contributed by atoms with E-state index >= 15 is 0 Å². The highest BCUT2D eigenvalue weighted by Crippen LogP contribution is 2.41. The number of rotatable bonds is 6. The predicted molar refractivity (Wildman–Crippen MR) is 94.1 cm³/mol. The second kappa shape index (κ2) is 8.21. The minimum absolute atomic E-state index is 0.279. The topological polar surface area (TPSA) is 63.2 Å². The summed E-state index contributed by atoms with van der Waals surface area (Å²) in [7, 11) is 3.21. The van der Waals surface area contributed by atoms with Crippen LogP contribution in [-0.2, 0) is 19.0 Å². The predicted octanol–water partition coefficient (Wildman–Crippen LogP) is 3.42. The number of benzene rings is 2. The van der Waals surface area contributed by atoms with Crippen LogP contribution in [0.5, 0.6) is 11.5 Å². The van der Waals surface area contributed by atoms with Gasteiger partial charge in [0.05, 0.1) is 20.8 Å². The number of hydrogen-bond donors (Lipinski definition) is 0. The van der Waals surface area contributed by atoms with E-state index < -0.39 is 24.5 Å². The first-order chi connectivity index (χ1) is 12.7. The lowest BCUT2D eigenvalue weighted by Gasteiger charge is -2.16. The van der Waals surface area contributed by atoms with Gasteiger partial charge in [0.25, 0.3) is 0 Å². The zero-order valence-corrected chi connectivity index (χ0v) is 15.0. The zero-order valence-electron chi connectivity index (χ0n) is 15.0. The summed E-state index contributed by atoms with van der Waals surface area (Å²) < 4.78 is 27.4. The van der Waals surface area contributed by atoms with Crippen LogP contribution >= 0.6 is 0 Å². The molecule has 0 aromatic heterocycles. The Hall–Kier alpha value is -2.57. The summed E-state index contributed by atoms with van der Waals surface area (Å²) in [5.41, 5.74) is 1.62. The van der Waals surface area contributed by atoms with Crippen LogP contribution in [0.1, 0.15) is 30.4 Å². The van der Waals surface area contributed by atoms with Gasteiger partial charge in [-0.05, 0) is 36.8 Å². The second-order valence-electron chi connectivity index (χ2n) is 5.74. The molecule has 138 valence electrons. The van der Waals surface area contributed by atoms with Crippen molar-refractivity contribution in [2.45, 2.75) is 25.4 Å². The maximum Gasteiger partial charge on any atom is 0.338 e. The van der Waals surface area contributed by atoms with Crippen LogP contribution in [0.3, 0.4) is 0 Å². The van der Waals surface area contributed by atoms with Crippen LogP contribution in [0.4, 0.5) is 0 Å². The number of carbonyl (C=O) groups is 1. The van der Waals surface area contributed by atoms with Gasteiger partial charge in [0.15, 0.2) is 12.4 Å². The molecule has 0 aliphatic carbocycles. The highest BCUT2D eigenvalue weighted by molar-refractivity contribution is 5.76. The van der Waals surface area contributed by atoms with Crippen molar-refractivity contribution >= 4 is 5.97 Å². The molecule has 0 saturated carbocycles. The second-order valence-corrected chi connectivity index (χ2v) is 5.74. The van der Waals surface area contributed by atoms with Crippen molar-refractivity contribution in [3.63, 3.8) is 0 Å². The highest BCUT2D eigenvalue weighted by Gasteiger charge is 2.43. The molecule has 2 aromatic carbocycles. The Morgan fingerprint density at radius 3 is 1.92 bits per heavy atom. The Morgan fingerprint density at radius 1 is 0.885 bits per heavy atom. The van der Waals surface area contributed by atoms with Gasteiger partial charge in [-0.15, -0.1) is 0 Å². The SMILES string of the molecule is CCOC(=O)[C@@H]1O[C@H](c2ccc(OC)cc2)O[C@H]1c1ccc(OC)cc1. The standard InChI is InChI=1S/C20H22O6/c1-4-24-19(21)18-17(13-5-9-15(22-2)10-6-13)25-20(26-18)14-7-11-16(23-3)12-8-14/h5-12,17-18,20H,4H2,1-3H3/t17-,18+,20+/m0/s1. The van der Waals surface area contributed by atoms with Gasteiger partial charge in [-0.3, -0.25) is 0 Å². The Bertz CT molecular complexity index is 725. The third kappa shape index (κ3) is 3.81. The molecule has 26 heavy (non-hydrogen) atoms. The van der Waals surface area contributed by atoms with Gasteiger partial charge < -0.3 is 23.7 Å². The first-order valence-corrected chi connectivity index (χ1v) is 8.41. The maximum absolute atomic E-state index is 12.4. The molecule has 1 heterocycles. The van der Waals surface area contributed by atoms with E-state index in [2.05, 4.69) is 0 Å². The van der Waals surface area contributed by atoms with Crippen LogP contribution < -0.4 is 9.47 Å². The average molecular weight is 358 g/mol. The largest absolute Gasteiger partial charge is 0.497 e. The van der Waals surface area contributed by atoms with Crippen LogP contribution in [0.25, 0.3) is 0 Å². The molecule has 0 spiro atoms. The van der Waals surface area contributed by atoms with Gasteiger partial charge in [0, 0.05) is 5.56 Å². The van der Waals surface area contributed by atoms with E-state index in [1.807, 2.05) is 48.5 Å². The van der Waals surface area contributed by atoms with E-state index in [0.717, 1.165) is 22.6 Å². The van der Waals surface area contributed by atoms with E-state index in [9.17, 15) is 4.79 Å². The molecule has 0 N–H and O–H groups in total. The van der Waals surface area contributed by atoms with Crippen LogP contribution in [0.15, 0.2) is 48.5 Å². The normalized spacial score (nSPS) is 22.0. The molecule has 0 radical (unpaired) electrons. The molecule has 1 aliphatic rings. The fourth-order valence-electron chi connectivity index (χ4n) is 2.81. The van der Waals surface area contributed by atoms with Gasteiger partial charge in [-0.25, -0.2) is 4.79 Å². The lowest BCUT2D eigenvalue weighted by Crippen LogP contribution is -2.28. The molecular weight excluding hydrogens is 336 g/mol. The zero-order chi connectivity index (χ0) is 18.5. The Morgan fingerprint density at radius 2 is 1.42 bits per heavy atom. The molecule has 6 nitrogen and oxygen atoms in total. The van der Waals surface area contributed by atoms with Crippen LogP contribution in [0, 0.1) is 0 Å². The Balaban J connectivity index is 1.85. The number of methoxy groups -OCH3 is 2. The fraction of sp³-hybridized carbons (Fsp3) is 0.350. The molecule has 0 bridgehead atoms. The van der Waals surface area contributed by atoms with Gasteiger partial charge in [0.2, 0.25) is 0 Å². The minimum atomic E-state index is -0.838. The van der Waals surface area contributed by atoms with E-state index in [1.54, 1.807) is 21.1 Å². The summed E-state index contributed by atoms with van der Waals surface area (Å²) in [4.78, 5) is 12.4. The van der Waals surface area contributed by atoms with Crippen molar-refractivity contribution in [1.82, 2.24) is 0 Å². The summed E-state index contributed by atoms with van der Waals surface area (Å²) in [6.07, 6.45) is -2.06. The van der Waals surface area contributed by atoms with E-state index in [1.165, 1.54) is 0 Å². The summed E-state index contributed by atoms with van der Waals surface area (Å²) in [6.45, 7) is 2.04. The third-order valence-corrected chi connectivity index (χ3v) is 4.17. The monoisotopic (exact) mass is 358 g/mol. The van der Waals surface area contributed by atoms with Gasteiger partial charge in [0.1, 0.15) is 17.6 Å². The molecule has 1 fully saturated rings. The first-order valence-electron chi connectivity index (χ1n) is 8.41. The van der Waals surface area contributed by atoms with Crippen molar-refractivity contribution < 1.29 is 28.5 Å². The van der Waals surface area contributed by atoms with Gasteiger partial charge in [-0.1, -0.05) is 24.3 Å².